The predicted octanol–water partition coefficient (Wildman–Crippen LogP) is 1.81. The Morgan fingerprint density at radius 3 is 2.81 bits per heavy atom. The highest BCUT2D eigenvalue weighted by Gasteiger charge is 2.35. The van der Waals surface area contributed by atoms with E-state index in [1.807, 2.05) is 12.1 Å². The Hall–Kier alpha value is -2.06. The van der Waals surface area contributed by atoms with Gasteiger partial charge in [-0.3, -0.25) is 9.69 Å². The van der Waals surface area contributed by atoms with Gasteiger partial charge in [-0.05, 0) is 23.6 Å². The van der Waals surface area contributed by atoms with Crippen LogP contribution in [-0.4, -0.2) is 38.2 Å². The number of carbonyl (C=O) groups excluding carboxylic acids is 1. The van der Waals surface area contributed by atoms with Crippen molar-refractivity contribution in [3.63, 3.8) is 0 Å². The van der Waals surface area contributed by atoms with Crippen LogP contribution in [0.15, 0.2) is 18.2 Å². The number of benzene rings is 1. The molecule has 1 aromatic rings. The topological polar surface area (TPSA) is 62.6 Å². The molecule has 0 amide bonds. The van der Waals surface area contributed by atoms with Crippen molar-refractivity contribution in [2.45, 2.75) is 13.5 Å². The molecule has 0 spiro atoms. The van der Waals surface area contributed by atoms with E-state index in [4.69, 9.17) is 14.7 Å². The Morgan fingerprint density at radius 2 is 2.19 bits per heavy atom. The summed E-state index contributed by atoms with van der Waals surface area (Å²) in [5.41, 5.74) is 1.60. The van der Waals surface area contributed by atoms with Gasteiger partial charge in [0.05, 0.1) is 25.7 Å². The lowest BCUT2D eigenvalue weighted by atomic mass is 9.99. The van der Waals surface area contributed by atoms with Crippen LogP contribution in [0.1, 0.15) is 18.1 Å². The van der Waals surface area contributed by atoms with Crippen LogP contribution < -0.4 is 4.74 Å². The third-order valence-corrected chi connectivity index (χ3v) is 3.98. The molecule has 1 aromatic carbocycles. The van der Waals surface area contributed by atoms with Crippen molar-refractivity contribution in [3.05, 3.63) is 29.3 Å². The van der Waals surface area contributed by atoms with E-state index in [2.05, 4.69) is 17.9 Å². The molecule has 2 unspecified atom stereocenters. The highest BCUT2D eigenvalue weighted by Crippen LogP contribution is 2.27. The van der Waals surface area contributed by atoms with Gasteiger partial charge in [0.15, 0.2) is 0 Å². The molecular weight excluding hydrogens is 268 g/mol. The Labute approximate surface area is 125 Å². The molecule has 1 fully saturated rings. The molecule has 5 heteroatoms. The second-order valence-electron chi connectivity index (χ2n) is 5.45. The Kier molecular flexibility index (Phi) is 4.81. The first kappa shape index (κ1) is 15.3. The number of methoxy groups -OCH3 is 2. The van der Waals surface area contributed by atoms with Crippen molar-refractivity contribution < 1.29 is 14.3 Å². The van der Waals surface area contributed by atoms with Crippen molar-refractivity contribution >= 4 is 5.97 Å². The number of hydrogen-bond acceptors (Lipinski definition) is 5. The highest BCUT2D eigenvalue weighted by atomic mass is 16.5. The van der Waals surface area contributed by atoms with E-state index < -0.39 is 0 Å². The maximum atomic E-state index is 11.7. The fraction of sp³-hybridized carbons (Fsp3) is 0.500. The molecule has 0 aliphatic carbocycles. The maximum Gasteiger partial charge on any atom is 0.310 e. The summed E-state index contributed by atoms with van der Waals surface area (Å²) in [6.45, 7) is 4.37. The minimum atomic E-state index is -0.137. The summed E-state index contributed by atoms with van der Waals surface area (Å²) in [4.78, 5) is 13.9. The summed E-state index contributed by atoms with van der Waals surface area (Å²) >= 11 is 0. The average molecular weight is 288 g/mol. The molecule has 0 aromatic heterocycles. The van der Waals surface area contributed by atoms with Crippen LogP contribution in [0.5, 0.6) is 5.75 Å². The van der Waals surface area contributed by atoms with Crippen LogP contribution in [0, 0.1) is 23.2 Å². The summed E-state index contributed by atoms with van der Waals surface area (Å²) in [6, 6.07) is 7.68. The zero-order chi connectivity index (χ0) is 15.4. The number of likely N-dealkylation sites (tertiary alicyclic amines) is 1. The molecule has 2 atom stereocenters. The molecule has 1 heterocycles. The van der Waals surface area contributed by atoms with Crippen LogP contribution in [0.25, 0.3) is 0 Å². The quantitative estimate of drug-likeness (QED) is 0.791. The minimum absolute atomic E-state index is 0.0599. The molecule has 1 aliphatic heterocycles. The third kappa shape index (κ3) is 3.34. The maximum absolute atomic E-state index is 11.7. The van der Waals surface area contributed by atoms with Gasteiger partial charge in [0, 0.05) is 19.6 Å². The Balaban J connectivity index is 2.06. The van der Waals surface area contributed by atoms with Crippen LogP contribution in [0.2, 0.25) is 0 Å². The van der Waals surface area contributed by atoms with Crippen molar-refractivity contribution in [3.8, 4) is 11.8 Å². The SMILES string of the molecule is COC(=O)C1CN(Cc2ccc(C#N)c(OC)c2)CC1C. The highest BCUT2D eigenvalue weighted by molar-refractivity contribution is 5.73. The van der Waals surface area contributed by atoms with E-state index in [0.29, 0.717) is 17.9 Å². The van der Waals surface area contributed by atoms with Crippen LogP contribution in [0.3, 0.4) is 0 Å². The van der Waals surface area contributed by atoms with Gasteiger partial charge in [-0.15, -0.1) is 0 Å². The molecule has 5 nitrogen and oxygen atoms in total. The number of nitriles is 1. The second kappa shape index (κ2) is 6.59. The van der Waals surface area contributed by atoms with Gasteiger partial charge in [0.25, 0.3) is 0 Å². The van der Waals surface area contributed by atoms with Crippen LogP contribution in [0.4, 0.5) is 0 Å². The van der Waals surface area contributed by atoms with E-state index in [9.17, 15) is 4.79 Å². The van der Waals surface area contributed by atoms with E-state index in [1.54, 1.807) is 13.2 Å². The normalized spacial score (nSPS) is 21.8. The number of esters is 1. The lowest BCUT2D eigenvalue weighted by molar-refractivity contribution is -0.146. The zero-order valence-corrected chi connectivity index (χ0v) is 12.6. The second-order valence-corrected chi connectivity index (χ2v) is 5.45. The van der Waals surface area contributed by atoms with Crippen LogP contribution >= 0.6 is 0 Å². The first-order valence-electron chi connectivity index (χ1n) is 6.96. The summed E-state index contributed by atoms with van der Waals surface area (Å²) in [7, 11) is 2.99. The van der Waals surface area contributed by atoms with Gasteiger partial charge in [-0.1, -0.05) is 13.0 Å². The summed E-state index contributed by atoms with van der Waals surface area (Å²) < 4.78 is 10.1. The fourth-order valence-corrected chi connectivity index (χ4v) is 2.84. The number of hydrogen-bond donors (Lipinski definition) is 0. The van der Waals surface area contributed by atoms with Gasteiger partial charge >= 0.3 is 5.97 Å². The minimum Gasteiger partial charge on any atom is -0.495 e. The first-order chi connectivity index (χ1) is 10.1. The zero-order valence-electron chi connectivity index (χ0n) is 12.6. The van der Waals surface area contributed by atoms with Gasteiger partial charge < -0.3 is 9.47 Å². The lowest BCUT2D eigenvalue weighted by Crippen LogP contribution is -2.24. The molecule has 0 bridgehead atoms. The molecule has 112 valence electrons. The summed E-state index contributed by atoms with van der Waals surface area (Å²) in [6.07, 6.45) is 0. The molecule has 1 saturated heterocycles. The number of nitrogens with zero attached hydrogens (tertiary/aromatic N) is 2. The standard InChI is InChI=1S/C16H20N2O3/c1-11-8-18(10-14(11)16(19)21-3)9-12-4-5-13(7-17)15(6-12)20-2/h4-6,11,14H,8-10H2,1-3H3. The van der Waals surface area contributed by atoms with Crippen molar-refractivity contribution in [1.29, 1.82) is 5.26 Å². The van der Waals surface area contributed by atoms with Gasteiger partial charge in [-0.25, -0.2) is 0 Å². The molecule has 21 heavy (non-hydrogen) atoms. The van der Waals surface area contributed by atoms with Crippen molar-refractivity contribution in [2.75, 3.05) is 27.3 Å². The molecular formula is C16H20N2O3. The van der Waals surface area contributed by atoms with Crippen molar-refractivity contribution in [2.24, 2.45) is 11.8 Å². The van der Waals surface area contributed by atoms with Gasteiger partial charge in [0.1, 0.15) is 11.8 Å². The first-order valence-corrected chi connectivity index (χ1v) is 6.96. The molecule has 0 saturated carbocycles. The smallest absolute Gasteiger partial charge is 0.310 e. The Bertz CT molecular complexity index is 565. The Morgan fingerprint density at radius 1 is 1.43 bits per heavy atom. The third-order valence-electron chi connectivity index (χ3n) is 3.98. The fourth-order valence-electron chi connectivity index (χ4n) is 2.84. The molecule has 0 N–H and O–H groups in total. The van der Waals surface area contributed by atoms with E-state index in [1.165, 1.54) is 7.11 Å². The molecule has 2 rings (SSSR count). The molecule has 0 radical (unpaired) electrons. The van der Waals surface area contributed by atoms with Crippen LogP contribution in [-0.2, 0) is 16.1 Å². The summed E-state index contributed by atoms with van der Waals surface area (Å²) in [5.74, 6) is 0.683. The van der Waals surface area contributed by atoms with Gasteiger partial charge in [0.2, 0.25) is 0 Å². The monoisotopic (exact) mass is 288 g/mol. The van der Waals surface area contributed by atoms with E-state index in [-0.39, 0.29) is 17.8 Å². The van der Waals surface area contributed by atoms with E-state index >= 15 is 0 Å². The number of carbonyl (C=O) groups is 1. The number of rotatable bonds is 4. The largest absolute Gasteiger partial charge is 0.495 e. The predicted molar refractivity (Wildman–Crippen MR) is 77.7 cm³/mol. The summed E-state index contributed by atoms with van der Waals surface area (Å²) in [5, 5.41) is 8.99. The lowest BCUT2D eigenvalue weighted by Gasteiger charge is -2.16. The average Bonchev–Trinajstić information content (AvgIpc) is 2.86. The molecule has 1 aliphatic rings. The van der Waals surface area contributed by atoms with Crippen molar-refractivity contribution in [1.82, 2.24) is 4.90 Å². The van der Waals surface area contributed by atoms with E-state index in [0.717, 1.165) is 18.7 Å². The van der Waals surface area contributed by atoms with Gasteiger partial charge in [-0.2, -0.15) is 5.26 Å². The number of ether oxygens (including phenoxy) is 2.